The highest BCUT2D eigenvalue weighted by Gasteiger charge is 2.06. The number of nitrogens with zero attached hydrogens (tertiary/aromatic N) is 2. The zero-order valence-corrected chi connectivity index (χ0v) is 9.52. The lowest BCUT2D eigenvalue weighted by molar-refractivity contribution is -0.141. The Hall–Kier alpha value is -1.36. The number of carbonyl (C=O) groups excluding carboxylic acids is 2. The molecule has 0 aliphatic rings. The fourth-order valence-electron chi connectivity index (χ4n) is 1.30. The van der Waals surface area contributed by atoms with Crippen LogP contribution in [-0.2, 0) is 27.3 Å². The maximum atomic E-state index is 11.1. The van der Waals surface area contributed by atoms with Crippen LogP contribution in [0, 0.1) is 0 Å². The first-order valence-corrected chi connectivity index (χ1v) is 5.46. The molecule has 1 heterocycles. The smallest absolute Gasteiger partial charge is 0.308 e. The molecule has 5 nitrogen and oxygen atoms in total. The molecular weight excluding hydrogens is 232 g/mol. The lowest BCUT2D eigenvalue weighted by Gasteiger charge is -2.05. The van der Waals surface area contributed by atoms with Gasteiger partial charge in [0, 0.05) is 31.8 Å². The predicted octanol–water partition coefficient (Wildman–Crippen LogP) is 1.14. The Labute approximate surface area is 98.4 Å². The van der Waals surface area contributed by atoms with Gasteiger partial charge in [0.15, 0.2) is 6.07 Å². The first kappa shape index (κ1) is 12.7. The minimum absolute atomic E-state index is 0.124. The highest BCUT2D eigenvalue weighted by molar-refractivity contribution is 6.17. The molecule has 0 bridgehead atoms. The van der Waals surface area contributed by atoms with Crippen LogP contribution in [0.3, 0.4) is 0 Å². The van der Waals surface area contributed by atoms with E-state index in [1.54, 1.807) is 12.4 Å². The zero-order chi connectivity index (χ0) is 11.8. The van der Waals surface area contributed by atoms with Gasteiger partial charge in [0.2, 0.25) is 0 Å². The average Bonchev–Trinajstić information content (AvgIpc) is 2.71. The molecule has 0 saturated carbocycles. The van der Waals surface area contributed by atoms with E-state index in [1.165, 1.54) is 0 Å². The van der Waals surface area contributed by atoms with E-state index < -0.39 is 0 Å². The van der Waals surface area contributed by atoms with Crippen LogP contribution in [0.25, 0.3) is 0 Å². The van der Waals surface area contributed by atoms with Crippen LogP contribution in [0.5, 0.6) is 0 Å². The van der Waals surface area contributed by atoms with Crippen molar-refractivity contribution in [3.8, 4) is 0 Å². The second-order valence-electron chi connectivity index (χ2n) is 3.12. The quantitative estimate of drug-likeness (QED) is 0.410. The van der Waals surface area contributed by atoms with Gasteiger partial charge in [-0.1, -0.05) is 11.6 Å². The van der Waals surface area contributed by atoms with Gasteiger partial charge >= 0.3 is 5.97 Å². The van der Waals surface area contributed by atoms with Crippen LogP contribution in [0.15, 0.2) is 12.4 Å². The van der Waals surface area contributed by atoms with Gasteiger partial charge in [-0.25, -0.2) is 4.98 Å². The van der Waals surface area contributed by atoms with Crippen LogP contribution in [-0.4, -0.2) is 27.9 Å². The number of aryl methyl sites for hydroxylation is 2. The molecule has 0 radical (unpaired) electrons. The number of carbonyl (C=O) groups is 2. The Kier molecular flexibility index (Phi) is 5.56. The Morgan fingerprint density at radius 1 is 1.62 bits per heavy atom. The Morgan fingerprint density at radius 3 is 3.12 bits per heavy atom. The molecule has 0 amide bonds. The van der Waals surface area contributed by atoms with E-state index in [2.05, 4.69) is 9.72 Å². The standard InChI is InChI=1S/C10H13ClN2O3/c11-8-16-10(15)3-5-13-6-4-12-9(13)2-1-7-14/h4,6-7H,1-3,5,8H2. The number of esters is 1. The zero-order valence-electron chi connectivity index (χ0n) is 8.76. The third-order valence-electron chi connectivity index (χ3n) is 2.06. The topological polar surface area (TPSA) is 61.2 Å². The van der Waals surface area contributed by atoms with Gasteiger partial charge in [-0.2, -0.15) is 0 Å². The number of alkyl halides is 1. The largest absolute Gasteiger partial charge is 0.449 e. The van der Waals surface area contributed by atoms with Crippen molar-refractivity contribution in [1.29, 1.82) is 0 Å². The minimum atomic E-state index is -0.343. The molecule has 88 valence electrons. The summed E-state index contributed by atoms with van der Waals surface area (Å²) in [6.45, 7) is 0.490. The van der Waals surface area contributed by atoms with Crippen molar-refractivity contribution in [2.75, 3.05) is 6.07 Å². The summed E-state index contributed by atoms with van der Waals surface area (Å²) in [6, 6.07) is -0.124. The minimum Gasteiger partial charge on any atom is -0.449 e. The lowest BCUT2D eigenvalue weighted by Crippen LogP contribution is -2.10. The summed E-state index contributed by atoms with van der Waals surface area (Å²) in [4.78, 5) is 25.4. The average molecular weight is 245 g/mol. The third-order valence-corrected chi connectivity index (χ3v) is 2.17. The SMILES string of the molecule is O=CCCc1nccn1CCC(=O)OCCl. The fourth-order valence-corrected chi connectivity index (χ4v) is 1.43. The number of hydrogen-bond donors (Lipinski definition) is 0. The molecule has 0 unspecified atom stereocenters. The van der Waals surface area contributed by atoms with Crippen molar-refractivity contribution >= 4 is 23.9 Å². The van der Waals surface area contributed by atoms with Crippen LogP contribution >= 0.6 is 11.6 Å². The van der Waals surface area contributed by atoms with Crippen molar-refractivity contribution in [2.24, 2.45) is 0 Å². The van der Waals surface area contributed by atoms with E-state index in [1.807, 2.05) is 4.57 Å². The molecule has 0 atom stereocenters. The number of aldehydes is 1. The van der Waals surface area contributed by atoms with E-state index in [4.69, 9.17) is 11.6 Å². The van der Waals surface area contributed by atoms with Gasteiger partial charge < -0.3 is 14.1 Å². The summed E-state index contributed by atoms with van der Waals surface area (Å²) in [5.74, 6) is 0.454. The van der Waals surface area contributed by atoms with E-state index in [0.717, 1.165) is 12.1 Å². The fraction of sp³-hybridized carbons (Fsp3) is 0.500. The van der Waals surface area contributed by atoms with Crippen LogP contribution in [0.1, 0.15) is 18.7 Å². The molecular formula is C10H13ClN2O3. The van der Waals surface area contributed by atoms with Crippen LogP contribution < -0.4 is 0 Å². The molecule has 0 fully saturated rings. The number of aromatic nitrogens is 2. The van der Waals surface area contributed by atoms with Crippen molar-refractivity contribution in [3.05, 3.63) is 18.2 Å². The van der Waals surface area contributed by atoms with Crippen molar-refractivity contribution in [1.82, 2.24) is 9.55 Å². The normalized spacial score (nSPS) is 10.1. The summed E-state index contributed by atoms with van der Waals surface area (Å²) < 4.78 is 6.43. The first-order chi connectivity index (χ1) is 7.77. The second-order valence-corrected chi connectivity index (χ2v) is 3.34. The number of hydrogen-bond acceptors (Lipinski definition) is 4. The molecule has 1 rings (SSSR count). The van der Waals surface area contributed by atoms with E-state index in [9.17, 15) is 9.59 Å². The Morgan fingerprint density at radius 2 is 2.44 bits per heavy atom. The second kappa shape index (κ2) is 7.00. The van der Waals surface area contributed by atoms with Crippen LogP contribution in [0.4, 0.5) is 0 Å². The van der Waals surface area contributed by atoms with Gasteiger partial charge in [0.1, 0.15) is 12.1 Å². The molecule has 0 aliphatic carbocycles. The molecule has 0 N–H and O–H groups in total. The van der Waals surface area contributed by atoms with Gasteiger partial charge in [-0.3, -0.25) is 4.79 Å². The summed E-state index contributed by atoms with van der Waals surface area (Å²) in [5.41, 5.74) is 0. The van der Waals surface area contributed by atoms with Crippen LogP contribution in [0.2, 0.25) is 0 Å². The Balaban J connectivity index is 2.43. The molecule has 6 heteroatoms. The number of rotatable bonds is 7. The summed E-state index contributed by atoms with van der Waals surface area (Å²) in [6.07, 6.45) is 5.53. The number of imidazole rings is 1. The maximum Gasteiger partial charge on any atom is 0.308 e. The van der Waals surface area contributed by atoms with Crippen molar-refractivity contribution in [2.45, 2.75) is 25.8 Å². The monoisotopic (exact) mass is 244 g/mol. The number of ether oxygens (including phenoxy) is 1. The van der Waals surface area contributed by atoms with E-state index >= 15 is 0 Å². The molecule has 16 heavy (non-hydrogen) atoms. The highest BCUT2D eigenvalue weighted by atomic mass is 35.5. The van der Waals surface area contributed by atoms with E-state index in [-0.39, 0.29) is 18.5 Å². The predicted molar refractivity (Wildman–Crippen MR) is 58.0 cm³/mol. The summed E-state index contributed by atoms with van der Waals surface area (Å²) in [7, 11) is 0. The molecule has 1 aromatic rings. The maximum absolute atomic E-state index is 11.1. The van der Waals surface area contributed by atoms with Gasteiger partial charge in [-0.15, -0.1) is 0 Å². The van der Waals surface area contributed by atoms with Crippen molar-refractivity contribution in [3.63, 3.8) is 0 Å². The Bertz CT molecular complexity index is 352. The lowest BCUT2D eigenvalue weighted by atomic mass is 10.3. The molecule has 0 saturated heterocycles. The summed E-state index contributed by atoms with van der Waals surface area (Å²) >= 11 is 5.26. The van der Waals surface area contributed by atoms with Crippen molar-refractivity contribution < 1.29 is 14.3 Å². The molecule has 0 aromatic carbocycles. The molecule has 0 spiro atoms. The van der Waals surface area contributed by atoms with E-state index in [0.29, 0.717) is 19.4 Å². The highest BCUT2D eigenvalue weighted by Crippen LogP contribution is 2.03. The molecule has 0 aliphatic heterocycles. The third kappa shape index (κ3) is 4.02. The van der Waals surface area contributed by atoms with Gasteiger partial charge in [-0.05, 0) is 0 Å². The van der Waals surface area contributed by atoms with Gasteiger partial charge in [0.05, 0.1) is 6.42 Å². The molecule has 1 aromatic heterocycles. The summed E-state index contributed by atoms with van der Waals surface area (Å²) in [5, 5.41) is 0. The number of halogens is 1. The first-order valence-electron chi connectivity index (χ1n) is 4.93. The van der Waals surface area contributed by atoms with Gasteiger partial charge in [0.25, 0.3) is 0 Å².